The first-order valence-corrected chi connectivity index (χ1v) is 9.21. The SMILES string of the molecule is O=C1NC=CC=Cc2c(-c3nc(N[C@H]4CCCNC4)ncc3C(F)(F)F)c[nH]c21. The van der Waals surface area contributed by atoms with Crippen LogP contribution in [-0.4, -0.2) is 40.0 Å². The van der Waals surface area contributed by atoms with Crippen LogP contribution in [0.3, 0.4) is 0 Å². The van der Waals surface area contributed by atoms with E-state index >= 15 is 0 Å². The van der Waals surface area contributed by atoms with E-state index in [1.54, 1.807) is 18.2 Å². The number of amides is 1. The molecule has 1 saturated heterocycles. The van der Waals surface area contributed by atoms with Gasteiger partial charge in [-0.25, -0.2) is 9.97 Å². The van der Waals surface area contributed by atoms with Crippen molar-refractivity contribution in [3.8, 4) is 11.3 Å². The van der Waals surface area contributed by atoms with Crippen LogP contribution < -0.4 is 16.0 Å². The van der Waals surface area contributed by atoms with E-state index in [0.717, 1.165) is 25.6 Å². The third-order valence-electron chi connectivity index (χ3n) is 4.81. The molecule has 0 aliphatic carbocycles. The third kappa shape index (κ3) is 4.02. The van der Waals surface area contributed by atoms with Crippen molar-refractivity contribution in [3.05, 3.63) is 47.6 Å². The van der Waals surface area contributed by atoms with Crippen molar-refractivity contribution in [3.63, 3.8) is 0 Å². The Kier molecular flexibility index (Phi) is 5.10. The van der Waals surface area contributed by atoms with Crippen LogP contribution in [0.4, 0.5) is 19.1 Å². The molecule has 2 aromatic heterocycles. The number of carbonyl (C=O) groups excluding carboxylic acids is 1. The highest BCUT2D eigenvalue weighted by Gasteiger charge is 2.36. The normalized spacial score (nSPS) is 19.3. The lowest BCUT2D eigenvalue weighted by Crippen LogP contribution is -2.38. The van der Waals surface area contributed by atoms with Crippen LogP contribution >= 0.6 is 0 Å². The number of fused-ring (bicyclic) bond motifs is 1. The van der Waals surface area contributed by atoms with Gasteiger partial charge in [0.25, 0.3) is 5.91 Å². The highest BCUT2D eigenvalue weighted by atomic mass is 19.4. The van der Waals surface area contributed by atoms with Gasteiger partial charge in [0.1, 0.15) is 11.3 Å². The number of aromatic amines is 1. The summed E-state index contributed by atoms with van der Waals surface area (Å²) in [4.78, 5) is 23.1. The molecule has 0 saturated carbocycles. The summed E-state index contributed by atoms with van der Waals surface area (Å²) in [7, 11) is 0. The Morgan fingerprint density at radius 2 is 2.10 bits per heavy atom. The highest BCUT2D eigenvalue weighted by Crippen LogP contribution is 2.38. The molecule has 29 heavy (non-hydrogen) atoms. The summed E-state index contributed by atoms with van der Waals surface area (Å²) >= 11 is 0. The summed E-state index contributed by atoms with van der Waals surface area (Å²) in [5.74, 6) is -0.322. The maximum Gasteiger partial charge on any atom is 0.419 e. The predicted molar refractivity (Wildman–Crippen MR) is 102 cm³/mol. The van der Waals surface area contributed by atoms with Gasteiger partial charge < -0.3 is 20.9 Å². The number of hydrogen-bond donors (Lipinski definition) is 4. The van der Waals surface area contributed by atoms with Gasteiger partial charge in [-0.15, -0.1) is 0 Å². The molecule has 1 amide bonds. The monoisotopic (exact) mass is 404 g/mol. The fraction of sp³-hybridized carbons (Fsp3) is 0.316. The molecule has 0 spiro atoms. The van der Waals surface area contributed by atoms with E-state index in [9.17, 15) is 18.0 Å². The van der Waals surface area contributed by atoms with E-state index in [1.807, 2.05) is 0 Å². The number of H-pyrrole nitrogens is 1. The first-order valence-electron chi connectivity index (χ1n) is 9.21. The smallest absolute Gasteiger partial charge is 0.356 e. The molecule has 1 fully saturated rings. The molecule has 2 aliphatic heterocycles. The number of piperidine rings is 1. The summed E-state index contributed by atoms with van der Waals surface area (Å²) in [6.45, 7) is 1.60. The predicted octanol–water partition coefficient (Wildman–Crippen LogP) is 2.92. The zero-order valence-electron chi connectivity index (χ0n) is 15.3. The van der Waals surface area contributed by atoms with E-state index in [-0.39, 0.29) is 28.9 Å². The van der Waals surface area contributed by atoms with Gasteiger partial charge in [0.05, 0.1) is 5.69 Å². The fourth-order valence-electron chi connectivity index (χ4n) is 3.42. The molecular weight excluding hydrogens is 385 g/mol. The number of carbonyl (C=O) groups is 1. The van der Waals surface area contributed by atoms with Gasteiger partial charge >= 0.3 is 6.18 Å². The maximum absolute atomic E-state index is 13.7. The number of rotatable bonds is 3. The summed E-state index contributed by atoms with van der Waals surface area (Å²) in [5.41, 5.74) is -0.558. The molecule has 10 heteroatoms. The lowest BCUT2D eigenvalue weighted by molar-refractivity contribution is -0.137. The number of anilines is 1. The number of alkyl halides is 3. The van der Waals surface area contributed by atoms with Crippen LogP contribution in [-0.2, 0) is 6.18 Å². The Labute approximate surface area is 164 Å². The lowest BCUT2D eigenvalue weighted by Gasteiger charge is -2.24. The molecule has 2 aliphatic rings. The van der Waals surface area contributed by atoms with Gasteiger partial charge in [0, 0.05) is 42.3 Å². The van der Waals surface area contributed by atoms with E-state index in [1.165, 1.54) is 12.4 Å². The van der Waals surface area contributed by atoms with Gasteiger partial charge in [-0.05, 0) is 25.5 Å². The number of aromatic nitrogens is 3. The number of allylic oxidation sites excluding steroid dienone is 2. The molecule has 7 nitrogen and oxygen atoms in total. The van der Waals surface area contributed by atoms with Crippen molar-refractivity contribution in [2.24, 2.45) is 0 Å². The van der Waals surface area contributed by atoms with Crippen LogP contribution in [0.15, 0.2) is 30.7 Å². The average Bonchev–Trinajstić information content (AvgIpc) is 3.09. The molecule has 0 aromatic carbocycles. The highest BCUT2D eigenvalue weighted by molar-refractivity contribution is 6.00. The molecule has 4 heterocycles. The molecule has 1 atom stereocenters. The molecule has 0 unspecified atom stereocenters. The fourth-order valence-corrected chi connectivity index (χ4v) is 3.42. The molecular formula is C19H19F3N6O. The Bertz CT molecular complexity index is 973. The Balaban J connectivity index is 1.79. The van der Waals surface area contributed by atoms with Gasteiger partial charge in [0.15, 0.2) is 0 Å². The minimum Gasteiger partial charge on any atom is -0.356 e. The van der Waals surface area contributed by atoms with Gasteiger partial charge in [-0.3, -0.25) is 4.79 Å². The van der Waals surface area contributed by atoms with Crippen LogP contribution in [0.2, 0.25) is 0 Å². The number of nitrogens with zero attached hydrogens (tertiary/aromatic N) is 2. The zero-order chi connectivity index (χ0) is 20.4. The van der Waals surface area contributed by atoms with E-state index in [0.29, 0.717) is 12.1 Å². The van der Waals surface area contributed by atoms with Gasteiger partial charge in [-0.1, -0.05) is 12.2 Å². The second-order valence-corrected chi connectivity index (χ2v) is 6.82. The average molecular weight is 404 g/mol. The first-order chi connectivity index (χ1) is 13.9. The van der Waals surface area contributed by atoms with Gasteiger partial charge in [-0.2, -0.15) is 13.2 Å². The molecule has 4 N–H and O–H groups in total. The Hall–Kier alpha value is -3.14. The Morgan fingerprint density at radius 3 is 2.86 bits per heavy atom. The molecule has 0 bridgehead atoms. The van der Waals surface area contributed by atoms with Crippen molar-refractivity contribution in [2.75, 3.05) is 18.4 Å². The third-order valence-corrected chi connectivity index (χ3v) is 4.81. The summed E-state index contributed by atoms with van der Waals surface area (Å²) in [6.07, 6.45) is 5.60. The first kappa shape index (κ1) is 19.2. The summed E-state index contributed by atoms with van der Waals surface area (Å²) in [6, 6.07) is 0.0380. The van der Waals surface area contributed by atoms with Crippen molar-refractivity contribution in [1.82, 2.24) is 25.6 Å². The summed E-state index contributed by atoms with van der Waals surface area (Å²) in [5, 5.41) is 8.87. The minimum atomic E-state index is -4.64. The maximum atomic E-state index is 13.7. The van der Waals surface area contributed by atoms with Crippen molar-refractivity contribution in [2.45, 2.75) is 25.1 Å². The van der Waals surface area contributed by atoms with Crippen LogP contribution in [0.5, 0.6) is 0 Å². The minimum absolute atomic E-state index is 0.0380. The number of nitrogens with one attached hydrogen (secondary N) is 4. The lowest BCUT2D eigenvalue weighted by atomic mass is 10.0. The molecule has 2 aromatic rings. The van der Waals surface area contributed by atoms with E-state index in [2.05, 4.69) is 30.9 Å². The van der Waals surface area contributed by atoms with Crippen LogP contribution in [0.25, 0.3) is 17.3 Å². The largest absolute Gasteiger partial charge is 0.419 e. The van der Waals surface area contributed by atoms with Crippen LogP contribution in [0, 0.1) is 0 Å². The van der Waals surface area contributed by atoms with E-state index < -0.39 is 17.6 Å². The van der Waals surface area contributed by atoms with Crippen molar-refractivity contribution >= 4 is 17.9 Å². The second-order valence-electron chi connectivity index (χ2n) is 6.82. The molecule has 4 rings (SSSR count). The van der Waals surface area contributed by atoms with E-state index in [4.69, 9.17) is 0 Å². The number of halogens is 3. The van der Waals surface area contributed by atoms with Crippen LogP contribution in [0.1, 0.15) is 34.5 Å². The van der Waals surface area contributed by atoms with Gasteiger partial charge in [0.2, 0.25) is 5.95 Å². The van der Waals surface area contributed by atoms with Crippen molar-refractivity contribution in [1.29, 1.82) is 0 Å². The zero-order valence-corrected chi connectivity index (χ0v) is 15.3. The molecule has 152 valence electrons. The second kappa shape index (κ2) is 7.70. The Morgan fingerprint density at radius 1 is 1.24 bits per heavy atom. The summed E-state index contributed by atoms with van der Waals surface area (Å²) < 4.78 is 41.0. The van der Waals surface area contributed by atoms with Crippen molar-refractivity contribution < 1.29 is 18.0 Å². The number of hydrogen-bond acceptors (Lipinski definition) is 5. The topological polar surface area (TPSA) is 94.7 Å². The molecule has 0 radical (unpaired) electrons. The standard InChI is InChI=1S/C19H19F3N6O/c20-19(21,22)14-10-26-18(27-11-4-3-6-23-8-11)28-15(14)13-9-25-16-12(13)5-1-2-7-24-17(16)29/h1-2,5,7,9-11,23,25H,3-4,6,8H2,(H,24,29)(H,26,27,28)/t11-/m0/s1. The quantitative estimate of drug-likeness (QED) is 0.631.